The van der Waals surface area contributed by atoms with Crippen molar-refractivity contribution < 1.29 is 9.47 Å². The van der Waals surface area contributed by atoms with Crippen molar-refractivity contribution in [1.29, 1.82) is 0 Å². The third-order valence-electron chi connectivity index (χ3n) is 4.89. The molecule has 1 unspecified atom stereocenters. The fraction of sp³-hybridized carbons (Fsp3) is 0.409. The lowest BCUT2D eigenvalue weighted by atomic mass is 10.1. The van der Waals surface area contributed by atoms with E-state index in [-0.39, 0.29) is 0 Å². The second-order valence-corrected chi connectivity index (χ2v) is 6.84. The number of methoxy groups -OCH3 is 1. The minimum atomic E-state index is 0.588. The molecule has 0 aliphatic carbocycles. The Balaban J connectivity index is 1.37. The fourth-order valence-electron chi connectivity index (χ4n) is 3.36. The Morgan fingerprint density at radius 3 is 2.71 bits per heavy atom. The third-order valence-corrected chi connectivity index (χ3v) is 4.89. The molecule has 0 bridgehead atoms. The predicted molar refractivity (Wildman–Crippen MR) is 115 cm³/mol. The van der Waals surface area contributed by atoms with E-state index in [0.29, 0.717) is 19.1 Å². The summed E-state index contributed by atoms with van der Waals surface area (Å²) >= 11 is 0. The van der Waals surface area contributed by atoms with Crippen molar-refractivity contribution in [2.75, 3.05) is 51.8 Å². The van der Waals surface area contributed by atoms with Gasteiger partial charge in [0.15, 0.2) is 5.96 Å². The van der Waals surface area contributed by atoms with Gasteiger partial charge in [-0.15, -0.1) is 0 Å². The molecule has 1 aliphatic heterocycles. The van der Waals surface area contributed by atoms with Crippen LogP contribution in [0, 0.1) is 5.92 Å². The molecule has 0 spiro atoms. The number of aliphatic imine (C=N–C) groups is 1. The molecular weight excluding hydrogens is 352 g/mol. The first kappa shape index (κ1) is 19.9. The van der Waals surface area contributed by atoms with E-state index in [9.17, 15) is 0 Å². The number of benzene rings is 2. The van der Waals surface area contributed by atoms with E-state index in [1.54, 1.807) is 14.2 Å². The molecule has 150 valence electrons. The lowest BCUT2D eigenvalue weighted by Gasteiger charge is -2.20. The van der Waals surface area contributed by atoms with Crippen LogP contribution in [0.1, 0.15) is 6.42 Å². The molecule has 1 saturated heterocycles. The first-order chi connectivity index (χ1) is 13.8. The first-order valence-corrected chi connectivity index (χ1v) is 9.80. The van der Waals surface area contributed by atoms with Crippen LogP contribution in [-0.2, 0) is 0 Å². The van der Waals surface area contributed by atoms with Gasteiger partial charge < -0.3 is 25.0 Å². The second-order valence-electron chi connectivity index (χ2n) is 6.84. The zero-order valence-electron chi connectivity index (χ0n) is 16.7. The van der Waals surface area contributed by atoms with Crippen LogP contribution in [0.5, 0.6) is 11.5 Å². The smallest absolute Gasteiger partial charge is 0.191 e. The van der Waals surface area contributed by atoms with Gasteiger partial charge >= 0.3 is 0 Å². The molecule has 3 rings (SSSR count). The molecule has 6 nitrogen and oxygen atoms in total. The Labute approximate surface area is 167 Å². The van der Waals surface area contributed by atoms with Crippen molar-refractivity contribution in [1.82, 2.24) is 10.6 Å². The van der Waals surface area contributed by atoms with Gasteiger partial charge in [0.05, 0.1) is 13.7 Å². The molecule has 0 saturated carbocycles. The number of hydrogen-bond acceptors (Lipinski definition) is 4. The van der Waals surface area contributed by atoms with Crippen LogP contribution in [0.25, 0.3) is 0 Å². The number of hydrogen-bond donors (Lipinski definition) is 2. The van der Waals surface area contributed by atoms with E-state index in [2.05, 4.69) is 32.7 Å². The van der Waals surface area contributed by atoms with Gasteiger partial charge in [-0.25, -0.2) is 0 Å². The summed E-state index contributed by atoms with van der Waals surface area (Å²) < 4.78 is 11.0. The van der Waals surface area contributed by atoms with E-state index in [4.69, 9.17) is 9.47 Å². The Morgan fingerprint density at radius 2 is 1.93 bits per heavy atom. The monoisotopic (exact) mass is 382 g/mol. The van der Waals surface area contributed by atoms with Gasteiger partial charge in [0, 0.05) is 38.4 Å². The maximum atomic E-state index is 5.70. The van der Waals surface area contributed by atoms with Gasteiger partial charge in [0.25, 0.3) is 0 Å². The van der Waals surface area contributed by atoms with Gasteiger partial charge in [-0.2, -0.15) is 0 Å². The van der Waals surface area contributed by atoms with Crippen molar-refractivity contribution in [2.45, 2.75) is 6.42 Å². The maximum absolute atomic E-state index is 5.70. The van der Waals surface area contributed by atoms with Gasteiger partial charge in [-0.1, -0.05) is 24.3 Å². The van der Waals surface area contributed by atoms with Crippen LogP contribution in [0.4, 0.5) is 5.69 Å². The Hall–Kier alpha value is -2.89. The summed E-state index contributed by atoms with van der Waals surface area (Å²) in [7, 11) is 3.50. The zero-order valence-corrected chi connectivity index (χ0v) is 16.7. The largest absolute Gasteiger partial charge is 0.497 e. The number of para-hydroxylation sites is 1. The summed E-state index contributed by atoms with van der Waals surface area (Å²) in [6, 6.07) is 18.1. The molecule has 0 aromatic heterocycles. The highest BCUT2D eigenvalue weighted by Crippen LogP contribution is 2.26. The Morgan fingerprint density at radius 1 is 1.11 bits per heavy atom. The average Bonchev–Trinajstić information content (AvgIpc) is 3.23. The molecule has 2 aromatic carbocycles. The topological polar surface area (TPSA) is 58.1 Å². The highest BCUT2D eigenvalue weighted by atomic mass is 16.5. The molecule has 1 fully saturated rings. The van der Waals surface area contributed by atoms with Crippen LogP contribution < -0.4 is 25.0 Å². The Kier molecular flexibility index (Phi) is 7.41. The number of nitrogens with zero attached hydrogens (tertiary/aromatic N) is 2. The van der Waals surface area contributed by atoms with Gasteiger partial charge in [-0.3, -0.25) is 4.99 Å². The summed E-state index contributed by atoms with van der Waals surface area (Å²) in [5.74, 6) is 3.19. The lowest BCUT2D eigenvalue weighted by Crippen LogP contribution is -2.41. The van der Waals surface area contributed by atoms with Crippen molar-refractivity contribution in [3.05, 3.63) is 54.6 Å². The normalized spacial score (nSPS) is 16.7. The zero-order chi connectivity index (χ0) is 19.6. The molecule has 1 aliphatic rings. The van der Waals surface area contributed by atoms with Crippen LogP contribution in [0.3, 0.4) is 0 Å². The van der Waals surface area contributed by atoms with Crippen molar-refractivity contribution in [3.63, 3.8) is 0 Å². The van der Waals surface area contributed by atoms with E-state index in [1.807, 2.05) is 42.5 Å². The van der Waals surface area contributed by atoms with Crippen LogP contribution in [-0.4, -0.2) is 52.9 Å². The van der Waals surface area contributed by atoms with Crippen LogP contribution in [0.15, 0.2) is 59.6 Å². The molecule has 1 heterocycles. The highest BCUT2D eigenvalue weighted by molar-refractivity contribution is 5.79. The van der Waals surface area contributed by atoms with E-state index in [1.165, 1.54) is 12.1 Å². The summed E-state index contributed by atoms with van der Waals surface area (Å²) in [5.41, 5.74) is 1.22. The predicted octanol–water partition coefficient (Wildman–Crippen LogP) is 2.77. The molecular formula is C22H30N4O2. The number of nitrogens with one attached hydrogen (secondary N) is 2. The molecule has 2 aromatic rings. The summed E-state index contributed by atoms with van der Waals surface area (Å²) in [5, 5.41) is 6.74. The number of rotatable bonds is 8. The van der Waals surface area contributed by atoms with Gasteiger partial charge in [-0.05, 0) is 36.6 Å². The van der Waals surface area contributed by atoms with Crippen molar-refractivity contribution in [3.8, 4) is 11.5 Å². The SMILES string of the molecule is CN=C(NCCOc1ccccc1)NCC1CCN(c2cccc(OC)c2)C1. The highest BCUT2D eigenvalue weighted by Gasteiger charge is 2.23. The first-order valence-electron chi connectivity index (χ1n) is 9.80. The minimum absolute atomic E-state index is 0.588. The quantitative estimate of drug-likeness (QED) is 0.418. The van der Waals surface area contributed by atoms with E-state index >= 15 is 0 Å². The van der Waals surface area contributed by atoms with Gasteiger partial charge in [0.1, 0.15) is 18.1 Å². The number of guanidine groups is 1. The minimum Gasteiger partial charge on any atom is -0.497 e. The molecule has 2 N–H and O–H groups in total. The number of ether oxygens (including phenoxy) is 2. The molecule has 6 heteroatoms. The van der Waals surface area contributed by atoms with Crippen LogP contribution >= 0.6 is 0 Å². The molecule has 0 amide bonds. The lowest BCUT2D eigenvalue weighted by molar-refractivity contribution is 0.322. The average molecular weight is 383 g/mol. The van der Waals surface area contributed by atoms with Crippen LogP contribution in [0.2, 0.25) is 0 Å². The fourth-order valence-corrected chi connectivity index (χ4v) is 3.36. The maximum Gasteiger partial charge on any atom is 0.191 e. The molecule has 28 heavy (non-hydrogen) atoms. The summed E-state index contributed by atoms with van der Waals surface area (Å²) in [4.78, 5) is 6.72. The van der Waals surface area contributed by atoms with E-state index < -0.39 is 0 Å². The standard InChI is InChI=1S/C22H30N4O2/c1-23-22(24-12-14-28-20-8-4-3-5-9-20)25-16-18-11-13-26(17-18)19-7-6-10-21(15-19)27-2/h3-10,15,18H,11-14,16-17H2,1-2H3,(H2,23,24,25). The molecule has 0 radical (unpaired) electrons. The van der Waals surface area contributed by atoms with E-state index in [0.717, 1.165) is 37.1 Å². The van der Waals surface area contributed by atoms with Gasteiger partial charge in [0.2, 0.25) is 0 Å². The molecule has 1 atom stereocenters. The van der Waals surface area contributed by atoms with Crippen molar-refractivity contribution in [2.24, 2.45) is 10.9 Å². The second kappa shape index (κ2) is 10.4. The Bertz CT molecular complexity index is 751. The summed E-state index contributed by atoms with van der Waals surface area (Å²) in [6.07, 6.45) is 1.17. The summed E-state index contributed by atoms with van der Waals surface area (Å²) in [6.45, 7) is 4.30. The number of anilines is 1. The third kappa shape index (κ3) is 5.81. The van der Waals surface area contributed by atoms with Crippen molar-refractivity contribution >= 4 is 11.6 Å².